The van der Waals surface area contributed by atoms with Gasteiger partial charge in [0.15, 0.2) is 0 Å². The van der Waals surface area contributed by atoms with Crippen LogP contribution in [0.5, 0.6) is 5.75 Å². The van der Waals surface area contributed by atoms with Gasteiger partial charge in [-0.1, -0.05) is 12.1 Å². The fourth-order valence-corrected chi connectivity index (χ4v) is 3.78. The van der Waals surface area contributed by atoms with Gasteiger partial charge in [-0.3, -0.25) is 9.59 Å². The minimum Gasteiger partial charge on any atom is -0.497 e. The van der Waals surface area contributed by atoms with E-state index in [2.05, 4.69) is 12.2 Å². The third-order valence-corrected chi connectivity index (χ3v) is 5.72. The minimum atomic E-state index is -0.124. The van der Waals surface area contributed by atoms with Gasteiger partial charge in [0, 0.05) is 36.5 Å². The maximum atomic E-state index is 12.9. The highest BCUT2D eigenvalue weighted by molar-refractivity contribution is 7.08. The van der Waals surface area contributed by atoms with Crippen LogP contribution < -0.4 is 10.1 Å². The maximum Gasteiger partial charge on any atom is 0.252 e. The van der Waals surface area contributed by atoms with Gasteiger partial charge >= 0.3 is 0 Å². The molecule has 1 unspecified atom stereocenters. The van der Waals surface area contributed by atoms with Crippen LogP contribution in [0, 0.1) is 5.92 Å². The van der Waals surface area contributed by atoms with Crippen molar-refractivity contribution in [2.45, 2.75) is 38.8 Å². The topological polar surface area (TPSA) is 58.6 Å². The highest BCUT2D eigenvalue weighted by Crippen LogP contribution is 2.36. The molecule has 1 aliphatic rings. The number of nitrogens with one attached hydrogen (secondary N) is 1. The first-order valence-electron chi connectivity index (χ1n) is 9.31. The average Bonchev–Trinajstić information content (AvgIpc) is 3.39. The molecule has 1 aromatic heterocycles. The maximum absolute atomic E-state index is 12.9. The van der Waals surface area contributed by atoms with Crippen LogP contribution in [0.4, 0.5) is 0 Å². The van der Waals surface area contributed by atoms with Crippen molar-refractivity contribution in [3.05, 3.63) is 52.2 Å². The molecule has 6 heteroatoms. The van der Waals surface area contributed by atoms with Crippen LogP contribution in [0.3, 0.4) is 0 Å². The van der Waals surface area contributed by atoms with Crippen molar-refractivity contribution in [1.29, 1.82) is 0 Å². The van der Waals surface area contributed by atoms with Gasteiger partial charge in [0.25, 0.3) is 5.91 Å². The van der Waals surface area contributed by atoms with Crippen LogP contribution in [-0.2, 0) is 11.3 Å². The van der Waals surface area contributed by atoms with Crippen molar-refractivity contribution in [3.63, 3.8) is 0 Å². The van der Waals surface area contributed by atoms with Crippen molar-refractivity contribution in [2.24, 2.45) is 5.92 Å². The van der Waals surface area contributed by atoms with E-state index in [-0.39, 0.29) is 17.9 Å². The first-order valence-corrected chi connectivity index (χ1v) is 10.3. The van der Waals surface area contributed by atoms with Gasteiger partial charge in [-0.25, -0.2) is 0 Å². The zero-order valence-corrected chi connectivity index (χ0v) is 16.6. The molecule has 1 atom stereocenters. The van der Waals surface area contributed by atoms with Gasteiger partial charge in [-0.15, -0.1) is 0 Å². The van der Waals surface area contributed by atoms with Crippen molar-refractivity contribution in [3.8, 4) is 5.75 Å². The number of rotatable bonds is 9. The Hall–Kier alpha value is -2.34. The molecule has 1 aliphatic carbocycles. The third kappa shape index (κ3) is 5.32. The Morgan fingerprint density at radius 2 is 2.00 bits per heavy atom. The summed E-state index contributed by atoms with van der Waals surface area (Å²) in [6.45, 7) is 3.06. The van der Waals surface area contributed by atoms with E-state index < -0.39 is 0 Å². The normalized spacial score (nSPS) is 14.4. The molecule has 0 spiro atoms. The van der Waals surface area contributed by atoms with Crippen LogP contribution in [0.2, 0.25) is 0 Å². The molecule has 1 aromatic carbocycles. The summed E-state index contributed by atoms with van der Waals surface area (Å²) < 4.78 is 5.20. The number of carbonyl (C=O) groups excluding carboxylic acids is 2. The smallest absolute Gasteiger partial charge is 0.252 e. The Balaban J connectivity index is 1.57. The van der Waals surface area contributed by atoms with Gasteiger partial charge in [0.1, 0.15) is 5.75 Å². The molecule has 2 aromatic rings. The third-order valence-electron chi connectivity index (χ3n) is 5.04. The summed E-state index contributed by atoms with van der Waals surface area (Å²) in [5.41, 5.74) is 1.73. The number of hydrogen-bond acceptors (Lipinski definition) is 4. The summed E-state index contributed by atoms with van der Waals surface area (Å²) >= 11 is 1.49. The zero-order chi connectivity index (χ0) is 19.2. The van der Waals surface area contributed by atoms with E-state index in [0.717, 1.165) is 11.3 Å². The second-order valence-corrected chi connectivity index (χ2v) is 7.75. The molecule has 0 aliphatic heterocycles. The molecular weight excluding hydrogens is 360 g/mol. The molecule has 1 N–H and O–H groups in total. The van der Waals surface area contributed by atoms with Gasteiger partial charge < -0.3 is 15.0 Å². The molecule has 0 radical (unpaired) electrons. The van der Waals surface area contributed by atoms with E-state index >= 15 is 0 Å². The molecule has 1 fully saturated rings. The molecule has 1 heterocycles. The van der Waals surface area contributed by atoms with E-state index in [4.69, 9.17) is 4.74 Å². The Labute approximate surface area is 164 Å². The molecule has 1 saturated carbocycles. The molecule has 27 heavy (non-hydrogen) atoms. The van der Waals surface area contributed by atoms with Gasteiger partial charge in [-0.2, -0.15) is 11.3 Å². The first-order chi connectivity index (χ1) is 13.1. The van der Waals surface area contributed by atoms with E-state index in [1.54, 1.807) is 13.2 Å². The lowest BCUT2D eigenvalue weighted by atomic mass is 10.1. The SMILES string of the molecule is COc1ccc(CN(C(=O)CCNC(=O)c2ccsc2)C(C)C2CC2)cc1. The second-order valence-electron chi connectivity index (χ2n) is 6.97. The average molecular weight is 387 g/mol. The molecule has 144 valence electrons. The summed E-state index contributed by atoms with van der Waals surface area (Å²) in [6.07, 6.45) is 2.67. The highest BCUT2D eigenvalue weighted by Gasteiger charge is 2.34. The molecule has 2 amide bonds. The summed E-state index contributed by atoms with van der Waals surface area (Å²) in [5.74, 6) is 1.35. The molecule has 0 bridgehead atoms. The minimum absolute atomic E-state index is 0.0795. The van der Waals surface area contributed by atoms with Crippen LogP contribution in [0.1, 0.15) is 42.1 Å². The fourth-order valence-electron chi connectivity index (χ4n) is 3.14. The standard InChI is InChI=1S/C21H26N2O3S/c1-15(17-5-6-17)23(13-16-3-7-19(26-2)8-4-16)20(24)9-11-22-21(25)18-10-12-27-14-18/h3-4,7-8,10,12,14-15,17H,5-6,9,11,13H2,1-2H3,(H,22,25). The van der Waals surface area contributed by atoms with Crippen molar-refractivity contribution < 1.29 is 14.3 Å². The predicted octanol–water partition coefficient (Wildman–Crippen LogP) is 3.70. The van der Waals surface area contributed by atoms with E-state index in [1.807, 2.05) is 39.9 Å². The van der Waals surface area contributed by atoms with Crippen LogP contribution in [0.15, 0.2) is 41.1 Å². The molecule has 0 saturated heterocycles. The number of carbonyl (C=O) groups is 2. The quantitative estimate of drug-likeness (QED) is 0.715. The Kier molecular flexibility index (Phi) is 6.50. The Bertz CT molecular complexity index is 754. The lowest BCUT2D eigenvalue weighted by Crippen LogP contribution is -2.41. The Morgan fingerprint density at radius 1 is 1.26 bits per heavy atom. The number of nitrogens with zero attached hydrogens (tertiary/aromatic N) is 1. The lowest BCUT2D eigenvalue weighted by molar-refractivity contribution is -0.134. The highest BCUT2D eigenvalue weighted by atomic mass is 32.1. The van der Waals surface area contributed by atoms with Gasteiger partial charge in [0.05, 0.1) is 7.11 Å². The number of hydrogen-bond donors (Lipinski definition) is 1. The van der Waals surface area contributed by atoms with Crippen LogP contribution in [0.25, 0.3) is 0 Å². The predicted molar refractivity (Wildman–Crippen MR) is 107 cm³/mol. The zero-order valence-electron chi connectivity index (χ0n) is 15.8. The molecule has 5 nitrogen and oxygen atoms in total. The fraction of sp³-hybridized carbons (Fsp3) is 0.429. The Morgan fingerprint density at radius 3 is 2.59 bits per heavy atom. The van der Waals surface area contributed by atoms with Gasteiger partial charge in [0.2, 0.25) is 5.91 Å². The van der Waals surface area contributed by atoms with E-state index in [1.165, 1.54) is 24.2 Å². The first kappa shape index (κ1) is 19.4. The van der Waals surface area contributed by atoms with Crippen LogP contribution in [-0.4, -0.2) is 36.4 Å². The monoisotopic (exact) mass is 386 g/mol. The summed E-state index contributed by atoms with van der Waals surface area (Å²) in [7, 11) is 1.64. The van der Waals surface area contributed by atoms with E-state index in [0.29, 0.717) is 31.0 Å². The number of thiophene rings is 1. The lowest BCUT2D eigenvalue weighted by Gasteiger charge is -2.30. The van der Waals surface area contributed by atoms with Crippen molar-refractivity contribution in [2.75, 3.05) is 13.7 Å². The van der Waals surface area contributed by atoms with Crippen LogP contribution >= 0.6 is 11.3 Å². The second kappa shape index (κ2) is 9.04. The summed E-state index contributed by atoms with van der Waals surface area (Å²) in [4.78, 5) is 26.8. The number of amides is 2. The van der Waals surface area contributed by atoms with Gasteiger partial charge in [-0.05, 0) is 54.8 Å². The van der Waals surface area contributed by atoms with E-state index in [9.17, 15) is 9.59 Å². The number of benzene rings is 1. The number of ether oxygens (including phenoxy) is 1. The molecule has 3 rings (SSSR count). The largest absolute Gasteiger partial charge is 0.497 e. The van der Waals surface area contributed by atoms with Crippen molar-refractivity contribution >= 4 is 23.2 Å². The number of methoxy groups -OCH3 is 1. The van der Waals surface area contributed by atoms with Crippen molar-refractivity contribution in [1.82, 2.24) is 10.2 Å². The summed E-state index contributed by atoms with van der Waals surface area (Å²) in [6, 6.07) is 9.83. The molecular formula is C21H26N2O3S. The summed E-state index contributed by atoms with van der Waals surface area (Å²) in [5, 5.41) is 6.51.